The third kappa shape index (κ3) is 2.62. The highest BCUT2D eigenvalue weighted by Gasteiger charge is 2.30. The highest BCUT2D eigenvalue weighted by atomic mass is 79.9. The van der Waals surface area contributed by atoms with E-state index in [-0.39, 0.29) is 0 Å². The number of alkyl halides is 1. The van der Waals surface area contributed by atoms with Crippen molar-refractivity contribution >= 4 is 37.5 Å². The minimum Gasteiger partial charge on any atom is -0.372 e. The van der Waals surface area contributed by atoms with E-state index in [0.717, 1.165) is 11.2 Å². The maximum absolute atomic E-state index is 3.62. The number of benzene rings is 1. The Morgan fingerprint density at radius 1 is 1.44 bits per heavy atom. The Morgan fingerprint density at radius 2 is 2.12 bits per heavy atom. The van der Waals surface area contributed by atoms with Crippen molar-refractivity contribution in [3.05, 3.63) is 28.2 Å². The van der Waals surface area contributed by atoms with Gasteiger partial charge in [-0.2, -0.15) is 0 Å². The summed E-state index contributed by atoms with van der Waals surface area (Å²) in [5.74, 6) is 0.902. The summed E-state index contributed by atoms with van der Waals surface area (Å²) in [6.07, 6.45) is 2.79. The number of halogens is 2. The van der Waals surface area contributed by atoms with Gasteiger partial charge in [0.05, 0.1) is 0 Å². The second-order valence-electron chi connectivity index (χ2n) is 4.60. The van der Waals surface area contributed by atoms with Gasteiger partial charge in [-0.1, -0.05) is 37.9 Å². The molecule has 1 aromatic carbocycles. The van der Waals surface area contributed by atoms with Gasteiger partial charge in [-0.3, -0.25) is 0 Å². The Labute approximate surface area is 114 Å². The predicted octanol–water partition coefficient (Wildman–Crippen LogP) is 4.58. The highest BCUT2D eigenvalue weighted by molar-refractivity contribution is 9.10. The van der Waals surface area contributed by atoms with Gasteiger partial charge in [0.25, 0.3) is 0 Å². The summed E-state index contributed by atoms with van der Waals surface area (Å²) in [6, 6.07) is 7.27. The van der Waals surface area contributed by atoms with Crippen LogP contribution >= 0.6 is 31.9 Å². The summed E-state index contributed by atoms with van der Waals surface area (Å²) in [4.78, 5) is 2.39. The molecule has 2 rings (SSSR count). The van der Waals surface area contributed by atoms with Crippen LogP contribution in [-0.4, -0.2) is 13.1 Å². The molecule has 0 radical (unpaired) electrons. The molecule has 0 aliphatic heterocycles. The van der Waals surface area contributed by atoms with E-state index in [2.05, 4.69) is 68.9 Å². The summed E-state index contributed by atoms with van der Waals surface area (Å²) < 4.78 is 1.19. The standard InChI is InChI=1S/C13H17Br2N/c1-9(10-3-4-10)16(2)12-6-5-11(8-14)13(15)7-12/h5-7,9-10H,3-4,8H2,1-2H3. The van der Waals surface area contributed by atoms with Crippen LogP contribution in [0.5, 0.6) is 0 Å². The van der Waals surface area contributed by atoms with E-state index in [1.807, 2.05) is 0 Å². The number of rotatable bonds is 4. The molecule has 1 saturated carbocycles. The molecular formula is C13H17Br2N. The first kappa shape index (κ1) is 12.4. The van der Waals surface area contributed by atoms with E-state index in [1.54, 1.807) is 0 Å². The second kappa shape index (κ2) is 5.09. The average molecular weight is 347 g/mol. The highest BCUT2D eigenvalue weighted by Crippen LogP contribution is 2.37. The van der Waals surface area contributed by atoms with Gasteiger partial charge >= 0.3 is 0 Å². The van der Waals surface area contributed by atoms with Crippen LogP contribution in [0, 0.1) is 5.92 Å². The van der Waals surface area contributed by atoms with Crippen LogP contribution in [0.15, 0.2) is 22.7 Å². The van der Waals surface area contributed by atoms with Crippen LogP contribution < -0.4 is 4.90 Å². The molecule has 0 saturated heterocycles. The molecule has 1 atom stereocenters. The second-order valence-corrected chi connectivity index (χ2v) is 6.01. The first-order valence-corrected chi connectivity index (χ1v) is 7.62. The Morgan fingerprint density at radius 3 is 2.62 bits per heavy atom. The smallest absolute Gasteiger partial charge is 0.0377 e. The van der Waals surface area contributed by atoms with Crippen molar-refractivity contribution in [3.8, 4) is 0 Å². The molecule has 16 heavy (non-hydrogen) atoms. The van der Waals surface area contributed by atoms with Crippen LogP contribution in [0.25, 0.3) is 0 Å². The first-order chi connectivity index (χ1) is 7.63. The largest absolute Gasteiger partial charge is 0.372 e. The zero-order valence-corrected chi connectivity index (χ0v) is 12.9. The van der Waals surface area contributed by atoms with Crippen molar-refractivity contribution in [2.24, 2.45) is 5.92 Å². The van der Waals surface area contributed by atoms with E-state index in [1.165, 1.54) is 28.6 Å². The molecule has 0 N–H and O–H groups in total. The molecule has 1 aromatic rings. The van der Waals surface area contributed by atoms with Gasteiger partial charge in [-0.05, 0) is 43.4 Å². The molecule has 0 bridgehead atoms. The minimum atomic E-state index is 0.654. The summed E-state index contributed by atoms with van der Waals surface area (Å²) in [5, 5.41) is 0.899. The lowest BCUT2D eigenvalue weighted by molar-refractivity contribution is 0.609. The van der Waals surface area contributed by atoms with Gasteiger partial charge < -0.3 is 4.90 Å². The quantitative estimate of drug-likeness (QED) is 0.721. The van der Waals surface area contributed by atoms with Crippen LogP contribution in [0.2, 0.25) is 0 Å². The molecule has 0 aromatic heterocycles. The van der Waals surface area contributed by atoms with Crippen molar-refractivity contribution in [1.29, 1.82) is 0 Å². The molecule has 0 spiro atoms. The van der Waals surface area contributed by atoms with Crippen LogP contribution in [0.1, 0.15) is 25.3 Å². The number of anilines is 1. The van der Waals surface area contributed by atoms with Crippen molar-refractivity contribution in [2.45, 2.75) is 31.1 Å². The maximum Gasteiger partial charge on any atom is 0.0377 e. The number of hydrogen-bond donors (Lipinski definition) is 0. The molecule has 0 heterocycles. The van der Waals surface area contributed by atoms with Gasteiger partial charge in [0.2, 0.25) is 0 Å². The van der Waals surface area contributed by atoms with Gasteiger partial charge in [0.15, 0.2) is 0 Å². The fourth-order valence-electron chi connectivity index (χ4n) is 1.99. The normalized spacial score (nSPS) is 17.2. The van der Waals surface area contributed by atoms with Crippen LogP contribution in [0.4, 0.5) is 5.69 Å². The molecule has 1 unspecified atom stereocenters. The predicted molar refractivity (Wildman–Crippen MR) is 77.4 cm³/mol. The van der Waals surface area contributed by atoms with E-state index in [4.69, 9.17) is 0 Å². The Balaban J connectivity index is 2.16. The van der Waals surface area contributed by atoms with Gasteiger partial charge in [-0.15, -0.1) is 0 Å². The molecular weight excluding hydrogens is 330 g/mol. The number of hydrogen-bond acceptors (Lipinski definition) is 1. The fourth-order valence-corrected chi connectivity index (χ4v) is 3.37. The molecule has 1 aliphatic carbocycles. The van der Waals surface area contributed by atoms with Crippen molar-refractivity contribution in [2.75, 3.05) is 11.9 Å². The third-order valence-corrected chi connectivity index (χ3v) is 4.85. The van der Waals surface area contributed by atoms with E-state index >= 15 is 0 Å². The molecule has 1 nitrogen and oxygen atoms in total. The van der Waals surface area contributed by atoms with Crippen molar-refractivity contribution in [1.82, 2.24) is 0 Å². The molecule has 1 fully saturated rings. The summed E-state index contributed by atoms with van der Waals surface area (Å²) in [7, 11) is 2.19. The Bertz CT molecular complexity index is 374. The molecule has 0 amide bonds. The summed E-state index contributed by atoms with van der Waals surface area (Å²) >= 11 is 7.11. The van der Waals surface area contributed by atoms with E-state index < -0.39 is 0 Å². The topological polar surface area (TPSA) is 3.24 Å². The first-order valence-electron chi connectivity index (χ1n) is 5.70. The van der Waals surface area contributed by atoms with E-state index in [0.29, 0.717) is 6.04 Å². The third-order valence-electron chi connectivity index (χ3n) is 3.50. The zero-order valence-electron chi connectivity index (χ0n) is 9.71. The lowest BCUT2D eigenvalue weighted by atomic mass is 10.1. The summed E-state index contributed by atoms with van der Waals surface area (Å²) in [6.45, 7) is 2.32. The van der Waals surface area contributed by atoms with Crippen LogP contribution in [0.3, 0.4) is 0 Å². The Hall–Kier alpha value is -0.0200. The lowest BCUT2D eigenvalue weighted by Gasteiger charge is -2.27. The Kier molecular flexibility index (Phi) is 3.96. The van der Waals surface area contributed by atoms with E-state index in [9.17, 15) is 0 Å². The van der Waals surface area contributed by atoms with Gasteiger partial charge in [0.1, 0.15) is 0 Å². The molecule has 3 heteroatoms. The van der Waals surface area contributed by atoms with Gasteiger partial charge in [0, 0.05) is 28.6 Å². The molecule has 88 valence electrons. The minimum absolute atomic E-state index is 0.654. The number of nitrogens with zero attached hydrogens (tertiary/aromatic N) is 1. The molecule has 1 aliphatic rings. The average Bonchev–Trinajstić information content (AvgIpc) is 3.11. The van der Waals surface area contributed by atoms with Crippen molar-refractivity contribution in [3.63, 3.8) is 0 Å². The fraction of sp³-hybridized carbons (Fsp3) is 0.538. The monoisotopic (exact) mass is 345 g/mol. The van der Waals surface area contributed by atoms with Crippen molar-refractivity contribution < 1.29 is 0 Å². The zero-order chi connectivity index (χ0) is 11.7. The SMILES string of the molecule is CC(C1CC1)N(C)c1ccc(CBr)c(Br)c1. The maximum atomic E-state index is 3.62. The van der Waals surface area contributed by atoms with Crippen LogP contribution in [-0.2, 0) is 5.33 Å². The van der Waals surface area contributed by atoms with Gasteiger partial charge in [-0.25, -0.2) is 0 Å². The summed E-state index contributed by atoms with van der Waals surface area (Å²) in [5.41, 5.74) is 2.60. The lowest BCUT2D eigenvalue weighted by Crippen LogP contribution is -2.30.